The van der Waals surface area contributed by atoms with Gasteiger partial charge in [0.15, 0.2) is 0 Å². The zero-order valence-electron chi connectivity index (χ0n) is 9.12. The summed E-state index contributed by atoms with van der Waals surface area (Å²) in [6, 6.07) is 1.63. The number of rotatable bonds is 6. The van der Waals surface area contributed by atoms with E-state index in [9.17, 15) is 4.79 Å². The topological polar surface area (TPSA) is 49.3 Å². The fraction of sp³-hybridized carbons (Fsp3) is 0.545. The second kappa shape index (κ2) is 5.88. The molecule has 0 bridgehead atoms. The summed E-state index contributed by atoms with van der Waals surface area (Å²) in [7, 11) is 0. The summed E-state index contributed by atoms with van der Waals surface area (Å²) < 4.78 is 0. The van der Waals surface area contributed by atoms with E-state index >= 15 is 0 Å². The fourth-order valence-electron chi connectivity index (χ4n) is 1.40. The standard InChI is InChI=1S/C11H17NO2S/c1-3-4-9(11(13)14)12-7-10-8(2)5-6-15-10/h5-6,9,12H,3-4,7H2,1-2H3,(H,13,14). The predicted molar refractivity (Wildman–Crippen MR) is 62.2 cm³/mol. The number of carboxylic acids is 1. The molecule has 0 aromatic carbocycles. The molecule has 1 unspecified atom stereocenters. The van der Waals surface area contributed by atoms with Crippen LogP contribution < -0.4 is 5.32 Å². The van der Waals surface area contributed by atoms with Crippen LogP contribution >= 0.6 is 11.3 Å². The van der Waals surface area contributed by atoms with E-state index in [0.29, 0.717) is 13.0 Å². The van der Waals surface area contributed by atoms with Gasteiger partial charge in [0.25, 0.3) is 0 Å². The van der Waals surface area contributed by atoms with Crippen molar-refractivity contribution in [3.8, 4) is 0 Å². The van der Waals surface area contributed by atoms with Crippen LogP contribution in [0.3, 0.4) is 0 Å². The first-order chi connectivity index (χ1) is 7.15. The number of hydrogen-bond acceptors (Lipinski definition) is 3. The Morgan fingerprint density at radius 2 is 2.40 bits per heavy atom. The maximum atomic E-state index is 10.9. The summed E-state index contributed by atoms with van der Waals surface area (Å²) in [5.74, 6) is -0.758. The van der Waals surface area contributed by atoms with Crippen LogP contribution in [0.2, 0.25) is 0 Å². The molecule has 1 atom stereocenters. The molecule has 1 heterocycles. The first-order valence-corrected chi connectivity index (χ1v) is 6.02. The quantitative estimate of drug-likeness (QED) is 0.784. The van der Waals surface area contributed by atoms with Crippen molar-refractivity contribution in [3.63, 3.8) is 0 Å². The van der Waals surface area contributed by atoms with Crippen molar-refractivity contribution in [3.05, 3.63) is 21.9 Å². The Bertz CT molecular complexity index is 322. The SMILES string of the molecule is CCCC(NCc1sccc1C)C(=O)O. The molecule has 84 valence electrons. The highest BCUT2D eigenvalue weighted by molar-refractivity contribution is 7.10. The van der Waals surface area contributed by atoms with E-state index in [-0.39, 0.29) is 0 Å². The largest absolute Gasteiger partial charge is 0.480 e. The first kappa shape index (κ1) is 12.2. The van der Waals surface area contributed by atoms with Gasteiger partial charge in [0, 0.05) is 11.4 Å². The van der Waals surface area contributed by atoms with Crippen LogP contribution in [0.1, 0.15) is 30.2 Å². The summed E-state index contributed by atoms with van der Waals surface area (Å²) in [4.78, 5) is 12.1. The van der Waals surface area contributed by atoms with E-state index in [1.165, 1.54) is 10.4 Å². The second-order valence-electron chi connectivity index (χ2n) is 3.59. The Morgan fingerprint density at radius 3 is 2.87 bits per heavy atom. The minimum absolute atomic E-state index is 0.420. The van der Waals surface area contributed by atoms with Gasteiger partial charge in [0.1, 0.15) is 6.04 Å². The molecule has 0 aliphatic heterocycles. The normalized spacial score (nSPS) is 12.7. The Hall–Kier alpha value is -0.870. The van der Waals surface area contributed by atoms with Crippen LogP contribution in [-0.4, -0.2) is 17.1 Å². The highest BCUT2D eigenvalue weighted by Gasteiger charge is 2.15. The lowest BCUT2D eigenvalue weighted by Gasteiger charge is -2.12. The lowest BCUT2D eigenvalue weighted by atomic mass is 10.1. The van der Waals surface area contributed by atoms with Crippen LogP contribution in [-0.2, 0) is 11.3 Å². The van der Waals surface area contributed by atoms with Crippen molar-refractivity contribution in [2.24, 2.45) is 0 Å². The molecule has 15 heavy (non-hydrogen) atoms. The molecule has 0 saturated heterocycles. The Labute approximate surface area is 94.1 Å². The Morgan fingerprint density at radius 1 is 1.67 bits per heavy atom. The van der Waals surface area contributed by atoms with E-state index in [1.807, 2.05) is 19.2 Å². The molecular weight excluding hydrogens is 210 g/mol. The van der Waals surface area contributed by atoms with Gasteiger partial charge in [0.2, 0.25) is 0 Å². The maximum absolute atomic E-state index is 10.9. The number of nitrogens with one attached hydrogen (secondary N) is 1. The molecule has 0 saturated carbocycles. The van der Waals surface area contributed by atoms with Gasteiger partial charge in [0.05, 0.1) is 0 Å². The number of thiophene rings is 1. The van der Waals surface area contributed by atoms with E-state index in [4.69, 9.17) is 5.11 Å². The Balaban J connectivity index is 2.47. The van der Waals surface area contributed by atoms with Gasteiger partial charge in [-0.3, -0.25) is 10.1 Å². The van der Waals surface area contributed by atoms with Crippen molar-refractivity contribution >= 4 is 17.3 Å². The third kappa shape index (κ3) is 3.64. The zero-order chi connectivity index (χ0) is 11.3. The van der Waals surface area contributed by atoms with Crippen molar-refractivity contribution < 1.29 is 9.90 Å². The first-order valence-electron chi connectivity index (χ1n) is 5.14. The highest BCUT2D eigenvalue weighted by Crippen LogP contribution is 2.15. The zero-order valence-corrected chi connectivity index (χ0v) is 9.93. The van der Waals surface area contributed by atoms with Gasteiger partial charge < -0.3 is 5.11 Å². The Kier molecular flexibility index (Phi) is 4.78. The van der Waals surface area contributed by atoms with Crippen LogP contribution in [0.4, 0.5) is 0 Å². The number of carboxylic acid groups (broad SMARTS) is 1. The summed E-state index contributed by atoms with van der Waals surface area (Å²) in [5, 5.41) is 14.0. The molecule has 0 fully saturated rings. The van der Waals surface area contributed by atoms with Crippen molar-refractivity contribution in [1.82, 2.24) is 5.32 Å². The minimum Gasteiger partial charge on any atom is -0.480 e. The van der Waals surface area contributed by atoms with E-state index in [2.05, 4.69) is 11.4 Å². The molecule has 0 radical (unpaired) electrons. The molecule has 1 aromatic rings. The summed E-state index contributed by atoms with van der Waals surface area (Å²) in [6.45, 7) is 4.69. The second-order valence-corrected chi connectivity index (χ2v) is 4.59. The van der Waals surface area contributed by atoms with Gasteiger partial charge >= 0.3 is 5.97 Å². The number of aliphatic carboxylic acids is 1. The summed E-state index contributed by atoms with van der Waals surface area (Å²) in [6.07, 6.45) is 1.56. The molecule has 0 amide bonds. The van der Waals surface area contributed by atoms with E-state index < -0.39 is 12.0 Å². The predicted octanol–water partition coefficient (Wildman–Crippen LogP) is 2.40. The van der Waals surface area contributed by atoms with Crippen LogP contribution in [0.5, 0.6) is 0 Å². The highest BCUT2D eigenvalue weighted by atomic mass is 32.1. The van der Waals surface area contributed by atoms with E-state index in [1.54, 1.807) is 11.3 Å². The average Bonchev–Trinajstić information content (AvgIpc) is 2.58. The summed E-state index contributed by atoms with van der Waals surface area (Å²) in [5.41, 5.74) is 1.23. The molecule has 2 N–H and O–H groups in total. The molecule has 3 nitrogen and oxygen atoms in total. The molecule has 1 aromatic heterocycles. The molecule has 1 rings (SSSR count). The molecule has 0 spiro atoms. The fourth-order valence-corrected chi connectivity index (χ4v) is 2.26. The van der Waals surface area contributed by atoms with Gasteiger partial charge in [-0.2, -0.15) is 0 Å². The number of carbonyl (C=O) groups is 1. The van der Waals surface area contributed by atoms with Gasteiger partial charge in [-0.05, 0) is 30.4 Å². The molecule has 0 aliphatic rings. The van der Waals surface area contributed by atoms with Crippen LogP contribution in [0.25, 0.3) is 0 Å². The van der Waals surface area contributed by atoms with Crippen LogP contribution in [0.15, 0.2) is 11.4 Å². The van der Waals surface area contributed by atoms with Crippen molar-refractivity contribution in [2.75, 3.05) is 0 Å². The lowest BCUT2D eigenvalue weighted by molar-refractivity contribution is -0.139. The van der Waals surface area contributed by atoms with Gasteiger partial charge in [-0.15, -0.1) is 11.3 Å². The van der Waals surface area contributed by atoms with Gasteiger partial charge in [-0.25, -0.2) is 0 Å². The van der Waals surface area contributed by atoms with Crippen molar-refractivity contribution in [2.45, 2.75) is 39.3 Å². The third-order valence-corrected chi connectivity index (χ3v) is 3.38. The molecule has 0 aliphatic carbocycles. The summed E-state index contributed by atoms with van der Waals surface area (Å²) >= 11 is 1.67. The van der Waals surface area contributed by atoms with Crippen molar-refractivity contribution in [1.29, 1.82) is 0 Å². The molecule has 4 heteroatoms. The number of aryl methyl sites for hydroxylation is 1. The van der Waals surface area contributed by atoms with Crippen LogP contribution in [0, 0.1) is 6.92 Å². The monoisotopic (exact) mass is 227 g/mol. The maximum Gasteiger partial charge on any atom is 0.320 e. The lowest BCUT2D eigenvalue weighted by Crippen LogP contribution is -2.35. The third-order valence-electron chi connectivity index (χ3n) is 2.35. The average molecular weight is 227 g/mol. The van der Waals surface area contributed by atoms with E-state index in [0.717, 1.165) is 6.42 Å². The minimum atomic E-state index is -0.758. The molecular formula is C11H17NO2S. The number of hydrogen-bond donors (Lipinski definition) is 2. The smallest absolute Gasteiger partial charge is 0.320 e. The van der Waals surface area contributed by atoms with Gasteiger partial charge in [-0.1, -0.05) is 13.3 Å².